The molecule has 0 fully saturated rings. The van der Waals surface area contributed by atoms with Crippen molar-refractivity contribution in [1.82, 2.24) is 23.7 Å². The number of benzene rings is 11. The molecule has 0 bridgehead atoms. The van der Waals surface area contributed by atoms with Gasteiger partial charge < -0.3 is 13.7 Å². The lowest BCUT2D eigenvalue weighted by atomic mass is 10.0. The van der Waals surface area contributed by atoms with Gasteiger partial charge in [0.1, 0.15) is 0 Å². The zero-order chi connectivity index (χ0) is 45.2. The van der Waals surface area contributed by atoms with Gasteiger partial charge in [0.15, 0.2) is 0 Å². The highest BCUT2D eigenvalue weighted by Gasteiger charge is 2.21. The minimum atomic E-state index is 0.844. The molecule has 0 N–H and O–H groups in total. The number of nitrogens with zero attached hydrogens (tertiary/aromatic N) is 5. The summed E-state index contributed by atoms with van der Waals surface area (Å²) in [6, 6.07) is 85.5. The fraction of sp³-hybridized carbons (Fsp3) is 0. The summed E-state index contributed by atoms with van der Waals surface area (Å²) in [5.41, 5.74) is 15.8. The maximum Gasteiger partial charge on any atom is 0.0973 e. The second-order valence-corrected chi connectivity index (χ2v) is 18.1. The summed E-state index contributed by atoms with van der Waals surface area (Å²) in [7, 11) is 0. The Morgan fingerprint density at radius 2 is 0.797 bits per heavy atom. The third-order valence-electron chi connectivity index (χ3n) is 14.4. The average Bonchev–Trinajstić information content (AvgIpc) is 4.05. The molecule has 4 aromatic heterocycles. The van der Waals surface area contributed by atoms with Crippen molar-refractivity contribution in [3.05, 3.63) is 237 Å². The smallest absolute Gasteiger partial charge is 0.0973 e. The molecule has 0 saturated carbocycles. The van der Waals surface area contributed by atoms with Crippen LogP contribution in [0.4, 0.5) is 0 Å². The van der Waals surface area contributed by atoms with Crippen LogP contribution in [0.1, 0.15) is 0 Å². The van der Waals surface area contributed by atoms with Crippen LogP contribution >= 0.6 is 0 Å². The Morgan fingerprint density at radius 3 is 1.55 bits per heavy atom. The minimum Gasteiger partial charge on any atom is -0.309 e. The second kappa shape index (κ2) is 14.6. The van der Waals surface area contributed by atoms with E-state index >= 15 is 0 Å². The van der Waals surface area contributed by atoms with Crippen molar-refractivity contribution in [3.63, 3.8) is 0 Å². The van der Waals surface area contributed by atoms with Gasteiger partial charge in [0.25, 0.3) is 0 Å². The summed E-state index contributed by atoms with van der Waals surface area (Å²) in [5.74, 6) is 0. The molecule has 5 nitrogen and oxygen atoms in total. The Morgan fingerprint density at radius 1 is 0.261 bits per heavy atom. The summed E-state index contributed by atoms with van der Waals surface area (Å²) >= 11 is 0. The van der Waals surface area contributed by atoms with Crippen LogP contribution in [0.3, 0.4) is 0 Å². The number of hydrogen-bond acceptors (Lipinski definition) is 2. The zero-order valence-electron chi connectivity index (χ0n) is 37.3. The molecule has 15 rings (SSSR count). The fourth-order valence-electron chi connectivity index (χ4n) is 11.4. The molecule has 15 aromatic rings. The van der Waals surface area contributed by atoms with E-state index in [1.54, 1.807) is 0 Å². The number of fused-ring (bicyclic) bond motifs is 13. The lowest BCUT2D eigenvalue weighted by molar-refractivity contribution is 1.18. The molecule has 0 aliphatic rings. The Kier molecular flexibility index (Phi) is 8.00. The SMILES string of the molecule is c1ccc(-n2c3ccccc3c3cc(-c4nc5ccccc5nc4-c4cccc(-n5c6ccccc6c6cc7c(-n8c9ccccc9c9c%10ccccc%10ccc98)cccc7cc65)c4)ccc32)cc1. The first kappa shape index (κ1) is 37.9. The van der Waals surface area contributed by atoms with Gasteiger partial charge in [0.2, 0.25) is 0 Å². The normalized spacial score (nSPS) is 12.1. The number of hydrogen-bond donors (Lipinski definition) is 0. The number of rotatable bonds is 5. The van der Waals surface area contributed by atoms with Gasteiger partial charge in [0.05, 0.1) is 61.2 Å². The minimum absolute atomic E-state index is 0.844. The molecule has 320 valence electrons. The maximum absolute atomic E-state index is 5.42. The molecule has 5 heteroatoms. The predicted octanol–water partition coefficient (Wildman–Crippen LogP) is 16.6. The highest BCUT2D eigenvalue weighted by Crippen LogP contribution is 2.43. The van der Waals surface area contributed by atoms with Crippen LogP contribution in [-0.4, -0.2) is 23.7 Å². The molecule has 0 atom stereocenters. The van der Waals surface area contributed by atoms with E-state index in [0.717, 1.165) is 61.5 Å². The summed E-state index contributed by atoms with van der Waals surface area (Å²) in [6.45, 7) is 0. The van der Waals surface area contributed by atoms with E-state index in [2.05, 4.69) is 238 Å². The zero-order valence-corrected chi connectivity index (χ0v) is 37.3. The van der Waals surface area contributed by atoms with E-state index in [-0.39, 0.29) is 0 Å². The Bertz CT molecular complexity index is 4610. The van der Waals surface area contributed by atoms with Crippen LogP contribution in [0, 0.1) is 0 Å². The van der Waals surface area contributed by atoms with Crippen molar-refractivity contribution in [2.75, 3.05) is 0 Å². The largest absolute Gasteiger partial charge is 0.309 e. The van der Waals surface area contributed by atoms with Crippen LogP contribution in [0.15, 0.2) is 237 Å². The topological polar surface area (TPSA) is 40.6 Å². The molecule has 0 spiro atoms. The quantitative estimate of drug-likeness (QED) is 0.173. The van der Waals surface area contributed by atoms with Crippen molar-refractivity contribution >= 4 is 98.0 Å². The van der Waals surface area contributed by atoms with E-state index in [1.807, 2.05) is 12.1 Å². The highest BCUT2D eigenvalue weighted by molar-refractivity contribution is 6.22. The molecule has 69 heavy (non-hydrogen) atoms. The summed E-state index contributed by atoms with van der Waals surface area (Å²) in [6.07, 6.45) is 0. The number of para-hydroxylation sites is 6. The standard InChI is InChI=1S/C64H39N5/c1-2-19-44(20-3-1)67-55-28-11-6-23-47(55)51-37-43(33-34-59(51)67)64-63(65-53-26-9-10-27-54(53)66-64)42-18-14-21-45(36-42)68-56-29-12-7-24-48(56)52-39-50-41(38-61(52)68)17-15-31-58(50)69-57-30-13-8-25-49(57)62-46-22-5-4-16-40(46)32-35-60(62)69/h1-39H. The van der Waals surface area contributed by atoms with E-state index in [0.29, 0.717) is 0 Å². The van der Waals surface area contributed by atoms with Crippen LogP contribution in [-0.2, 0) is 0 Å². The van der Waals surface area contributed by atoms with E-state index in [1.165, 1.54) is 76.1 Å². The average molecular weight is 878 g/mol. The Balaban J connectivity index is 0.928. The van der Waals surface area contributed by atoms with Gasteiger partial charge >= 0.3 is 0 Å². The van der Waals surface area contributed by atoms with Crippen LogP contribution in [0.2, 0.25) is 0 Å². The number of aromatic nitrogens is 5. The van der Waals surface area contributed by atoms with Crippen molar-refractivity contribution in [2.24, 2.45) is 0 Å². The molecule has 11 aromatic carbocycles. The molecular formula is C64H39N5. The van der Waals surface area contributed by atoms with Crippen molar-refractivity contribution in [2.45, 2.75) is 0 Å². The van der Waals surface area contributed by atoms with Gasteiger partial charge in [-0.25, -0.2) is 9.97 Å². The van der Waals surface area contributed by atoms with Crippen molar-refractivity contribution in [3.8, 4) is 39.6 Å². The van der Waals surface area contributed by atoms with Crippen LogP contribution in [0.25, 0.3) is 138 Å². The Labute approximate surface area is 396 Å². The fourth-order valence-corrected chi connectivity index (χ4v) is 11.4. The lowest BCUT2D eigenvalue weighted by Crippen LogP contribution is -1.98. The van der Waals surface area contributed by atoms with E-state index < -0.39 is 0 Å². The second-order valence-electron chi connectivity index (χ2n) is 18.1. The molecule has 0 aliphatic carbocycles. The Hall–Kier alpha value is -9.32. The van der Waals surface area contributed by atoms with Crippen LogP contribution < -0.4 is 0 Å². The first-order valence-corrected chi connectivity index (χ1v) is 23.6. The molecule has 0 unspecified atom stereocenters. The molecule has 0 aliphatic heterocycles. The van der Waals surface area contributed by atoms with Gasteiger partial charge in [-0.3, -0.25) is 0 Å². The van der Waals surface area contributed by atoms with Gasteiger partial charge in [-0.1, -0.05) is 146 Å². The van der Waals surface area contributed by atoms with Gasteiger partial charge in [-0.05, 0) is 107 Å². The summed E-state index contributed by atoms with van der Waals surface area (Å²) in [5, 5.41) is 12.2. The van der Waals surface area contributed by atoms with Gasteiger partial charge in [-0.2, -0.15) is 0 Å². The third-order valence-corrected chi connectivity index (χ3v) is 14.4. The first-order chi connectivity index (χ1) is 34.2. The summed E-state index contributed by atoms with van der Waals surface area (Å²) in [4.78, 5) is 10.8. The third kappa shape index (κ3) is 5.59. The molecule has 0 amide bonds. The van der Waals surface area contributed by atoms with Crippen molar-refractivity contribution < 1.29 is 0 Å². The summed E-state index contributed by atoms with van der Waals surface area (Å²) < 4.78 is 7.24. The first-order valence-electron chi connectivity index (χ1n) is 23.6. The lowest BCUT2D eigenvalue weighted by Gasteiger charge is -2.15. The van der Waals surface area contributed by atoms with Crippen molar-refractivity contribution in [1.29, 1.82) is 0 Å². The maximum atomic E-state index is 5.42. The monoisotopic (exact) mass is 877 g/mol. The highest BCUT2D eigenvalue weighted by atomic mass is 15.0. The molecule has 0 saturated heterocycles. The molecule has 0 radical (unpaired) electrons. The van der Waals surface area contributed by atoms with E-state index in [9.17, 15) is 0 Å². The molecule has 4 heterocycles. The van der Waals surface area contributed by atoms with Gasteiger partial charge in [0, 0.05) is 60.2 Å². The van der Waals surface area contributed by atoms with Gasteiger partial charge in [-0.15, -0.1) is 0 Å². The van der Waals surface area contributed by atoms with E-state index in [4.69, 9.17) is 9.97 Å². The van der Waals surface area contributed by atoms with Crippen LogP contribution in [0.5, 0.6) is 0 Å². The molecular weight excluding hydrogens is 839 g/mol. The predicted molar refractivity (Wildman–Crippen MR) is 288 cm³/mol.